The average molecular weight is 503 g/mol. The summed E-state index contributed by atoms with van der Waals surface area (Å²) in [7, 11) is -1.40. The first-order valence-corrected chi connectivity index (χ1v) is 13.7. The molecule has 10 nitrogen and oxygen atoms in total. The maximum Gasteiger partial charge on any atom is 0.252 e. The number of hydrogen-bond acceptors (Lipinski definition) is 8. The molecule has 2 rings (SSSR count). The van der Waals surface area contributed by atoms with Crippen LogP contribution in [0.15, 0.2) is 11.8 Å². The number of imide groups is 1. The molecule has 0 aliphatic carbocycles. The normalized spacial score (nSPS) is 22.1. The number of amides is 2. The molecule has 0 aromatic heterocycles. The van der Waals surface area contributed by atoms with Gasteiger partial charge in [0.05, 0.1) is 18.4 Å². The molecule has 2 fully saturated rings. The molecule has 0 spiro atoms. The Kier molecular flexibility index (Phi) is 9.68. The van der Waals surface area contributed by atoms with Crippen molar-refractivity contribution < 1.29 is 27.5 Å². The lowest BCUT2D eigenvalue weighted by atomic mass is 9.90. The average Bonchev–Trinajstić information content (AvgIpc) is 2.77. The highest BCUT2D eigenvalue weighted by Gasteiger charge is 2.39. The minimum atomic E-state index is -3.22. The fourth-order valence-electron chi connectivity index (χ4n) is 4.04. The number of carbonyl (C=O) groups is 2. The van der Waals surface area contributed by atoms with E-state index in [9.17, 15) is 18.0 Å². The molecule has 2 amide bonds. The molecule has 0 radical (unpaired) electrons. The summed E-state index contributed by atoms with van der Waals surface area (Å²) in [5.41, 5.74) is 4.91. The van der Waals surface area contributed by atoms with E-state index in [-0.39, 0.29) is 12.3 Å². The molecule has 11 heteroatoms. The van der Waals surface area contributed by atoms with Crippen LogP contribution < -0.4 is 11.1 Å². The molecule has 2 aliphatic heterocycles. The zero-order valence-corrected chi connectivity index (χ0v) is 22.2. The molecular formula is C23H42N4O6S. The van der Waals surface area contributed by atoms with Crippen molar-refractivity contribution in [2.75, 3.05) is 39.6 Å². The number of nitrogens with zero attached hydrogens (tertiary/aromatic N) is 2. The van der Waals surface area contributed by atoms with Gasteiger partial charge in [-0.1, -0.05) is 13.8 Å². The van der Waals surface area contributed by atoms with Crippen molar-refractivity contribution in [3.63, 3.8) is 0 Å². The van der Waals surface area contributed by atoms with Crippen molar-refractivity contribution in [2.24, 2.45) is 11.1 Å². The van der Waals surface area contributed by atoms with E-state index in [1.54, 1.807) is 13.8 Å². The van der Waals surface area contributed by atoms with Crippen LogP contribution in [-0.2, 0) is 29.1 Å². The summed E-state index contributed by atoms with van der Waals surface area (Å²) >= 11 is 0. The number of rotatable bonds is 9. The number of carbonyl (C=O) groups excluding carboxylic acids is 2. The Balaban J connectivity index is 1.92. The lowest BCUT2D eigenvalue weighted by molar-refractivity contribution is -0.173. The van der Waals surface area contributed by atoms with E-state index in [4.69, 9.17) is 15.2 Å². The molecule has 0 saturated carbocycles. The van der Waals surface area contributed by atoms with Crippen LogP contribution in [0.25, 0.3) is 0 Å². The Labute approximate surface area is 204 Å². The van der Waals surface area contributed by atoms with Gasteiger partial charge in [0.2, 0.25) is 15.9 Å². The van der Waals surface area contributed by atoms with Crippen molar-refractivity contribution in [3.8, 4) is 0 Å². The van der Waals surface area contributed by atoms with Gasteiger partial charge in [-0.15, -0.1) is 0 Å². The molecule has 34 heavy (non-hydrogen) atoms. The number of nitrogens with one attached hydrogen (secondary N) is 1. The third kappa shape index (κ3) is 7.74. The van der Waals surface area contributed by atoms with Crippen LogP contribution >= 0.6 is 0 Å². The van der Waals surface area contributed by atoms with Crippen molar-refractivity contribution >= 4 is 21.8 Å². The summed E-state index contributed by atoms with van der Waals surface area (Å²) in [5.74, 6) is -1.03. The van der Waals surface area contributed by atoms with E-state index in [2.05, 4.69) is 5.32 Å². The third-order valence-corrected chi connectivity index (χ3v) is 8.25. The van der Waals surface area contributed by atoms with Gasteiger partial charge in [0, 0.05) is 42.9 Å². The molecule has 0 aromatic carbocycles. The highest BCUT2D eigenvalue weighted by Crippen LogP contribution is 2.26. The van der Waals surface area contributed by atoms with Crippen LogP contribution in [0.4, 0.5) is 0 Å². The predicted molar refractivity (Wildman–Crippen MR) is 130 cm³/mol. The maximum atomic E-state index is 13.0. The van der Waals surface area contributed by atoms with Gasteiger partial charge < -0.3 is 15.2 Å². The van der Waals surface area contributed by atoms with Gasteiger partial charge in [-0.2, -0.15) is 0 Å². The van der Waals surface area contributed by atoms with E-state index in [1.165, 1.54) is 16.6 Å². The molecule has 2 heterocycles. The monoisotopic (exact) mass is 502 g/mol. The number of sulfonamides is 1. The zero-order valence-electron chi connectivity index (χ0n) is 21.4. The first kappa shape index (κ1) is 28.7. The second-order valence-electron chi connectivity index (χ2n) is 10.5. The van der Waals surface area contributed by atoms with Crippen molar-refractivity contribution in [3.05, 3.63) is 11.8 Å². The molecule has 1 atom stereocenters. The van der Waals surface area contributed by atoms with Gasteiger partial charge in [0.1, 0.15) is 0 Å². The van der Waals surface area contributed by atoms with Crippen LogP contribution in [0, 0.1) is 5.41 Å². The summed E-state index contributed by atoms with van der Waals surface area (Å²) in [6.07, 6.45) is 6.34. The van der Waals surface area contributed by atoms with Crippen molar-refractivity contribution in [2.45, 2.75) is 77.7 Å². The minimum Gasteiger partial charge on any atom is -0.401 e. The largest absolute Gasteiger partial charge is 0.401 e. The van der Waals surface area contributed by atoms with E-state index in [1.807, 2.05) is 25.8 Å². The Hall–Kier alpha value is -1.53. The lowest BCUT2D eigenvalue weighted by Crippen LogP contribution is -2.59. The van der Waals surface area contributed by atoms with Gasteiger partial charge in [-0.25, -0.2) is 12.7 Å². The van der Waals surface area contributed by atoms with Gasteiger partial charge in [-0.3, -0.25) is 19.8 Å². The Bertz CT molecular complexity index is 857. The van der Waals surface area contributed by atoms with Crippen LogP contribution in [0.3, 0.4) is 0 Å². The van der Waals surface area contributed by atoms with E-state index in [0.717, 1.165) is 19.3 Å². The predicted octanol–water partition coefficient (Wildman–Crippen LogP) is 1.18. The highest BCUT2D eigenvalue weighted by atomic mass is 32.2. The third-order valence-electron chi connectivity index (χ3n) is 6.95. The SMILES string of the molecule is CN(C1CCN(S(C)(=O)=O)CC1)C(C)(C)C(=O)NC(=O)C=C(N)C(C)(C)COC1CCCCO1. The second-order valence-corrected chi connectivity index (χ2v) is 12.5. The standard InChI is InChI=1S/C23H42N4O6S/c1-22(2,16-33-20-9-7-8-14-32-20)18(24)15-19(28)25-21(29)23(3,4)26(5)17-10-12-27(13-11-17)34(6,30)31/h15,17,20H,7-14,16,24H2,1-6H3,(H,25,28,29). The molecule has 1 unspecified atom stereocenters. The summed E-state index contributed by atoms with van der Waals surface area (Å²) in [6, 6.07) is 0.0209. The lowest BCUT2D eigenvalue weighted by Gasteiger charge is -2.43. The topological polar surface area (TPSA) is 131 Å². The zero-order chi connectivity index (χ0) is 25.7. The highest BCUT2D eigenvalue weighted by molar-refractivity contribution is 7.88. The van der Waals surface area contributed by atoms with E-state index < -0.39 is 32.8 Å². The number of hydrogen-bond donors (Lipinski definition) is 2. The molecule has 2 aliphatic rings. The molecule has 3 N–H and O–H groups in total. The summed E-state index contributed by atoms with van der Waals surface area (Å²) in [6.45, 7) is 9.03. The molecule has 0 aromatic rings. The minimum absolute atomic E-state index is 0.0209. The smallest absolute Gasteiger partial charge is 0.252 e. The summed E-state index contributed by atoms with van der Waals surface area (Å²) in [4.78, 5) is 27.4. The van der Waals surface area contributed by atoms with E-state index >= 15 is 0 Å². The Morgan fingerprint density at radius 2 is 1.79 bits per heavy atom. The summed E-state index contributed by atoms with van der Waals surface area (Å²) in [5, 5.41) is 2.43. The quantitative estimate of drug-likeness (QED) is 0.449. The number of ether oxygens (including phenoxy) is 2. The van der Waals surface area contributed by atoms with Crippen molar-refractivity contribution in [1.29, 1.82) is 0 Å². The number of piperidine rings is 1. The van der Waals surface area contributed by atoms with Crippen molar-refractivity contribution in [1.82, 2.24) is 14.5 Å². The maximum absolute atomic E-state index is 13.0. The van der Waals surface area contributed by atoms with Crippen LogP contribution in [0.2, 0.25) is 0 Å². The van der Waals surface area contributed by atoms with Crippen LogP contribution in [0.5, 0.6) is 0 Å². The molecule has 2 saturated heterocycles. The number of nitrogens with two attached hydrogens (primary N) is 1. The second kappa shape index (κ2) is 11.5. The van der Waals surface area contributed by atoms with Gasteiger partial charge in [0.15, 0.2) is 6.29 Å². The Morgan fingerprint density at radius 1 is 1.18 bits per heavy atom. The molecular weight excluding hydrogens is 460 g/mol. The van der Waals surface area contributed by atoms with Gasteiger partial charge >= 0.3 is 0 Å². The molecule has 196 valence electrons. The van der Waals surface area contributed by atoms with Gasteiger partial charge in [0.25, 0.3) is 5.91 Å². The molecule has 0 bridgehead atoms. The van der Waals surface area contributed by atoms with Crippen LogP contribution in [-0.4, -0.2) is 86.9 Å². The number of likely N-dealkylation sites (N-methyl/N-ethyl adjacent to an activating group) is 1. The summed E-state index contributed by atoms with van der Waals surface area (Å²) < 4.78 is 36.4. The Morgan fingerprint density at radius 3 is 2.32 bits per heavy atom. The first-order valence-electron chi connectivity index (χ1n) is 11.9. The van der Waals surface area contributed by atoms with Crippen LogP contribution in [0.1, 0.15) is 59.8 Å². The first-order chi connectivity index (χ1) is 15.6. The fourth-order valence-corrected chi connectivity index (χ4v) is 4.92. The fraction of sp³-hybridized carbons (Fsp3) is 0.826. The van der Waals surface area contributed by atoms with Gasteiger partial charge in [-0.05, 0) is 53.0 Å². The van der Waals surface area contributed by atoms with E-state index in [0.29, 0.717) is 44.8 Å².